The van der Waals surface area contributed by atoms with E-state index in [9.17, 15) is 20.1 Å². The molecule has 0 radical (unpaired) electrons. The Hall–Kier alpha value is -6.92. The van der Waals surface area contributed by atoms with E-state index in [-0.39, 0.29) is 37.3 Å². The SMILES string of the molecule is COc1ccc(C(OC[C@H]2O[C@@H](n3cnc4c3NC(NC(=O)C(C)C)=NC4(O)C(=O)N(c3ccccc3)c3ccccc3)[C@H](OCCO)[C@@H]2O)(c2ccccc2)c2ccc(OC)cc2)cc1. The first-order chi connectivity index (χ1) is 32.0. The third kappa shape index (κ3) is 8.77. The Morgan fingerprint density at radius 2 is 1.36 bits per heavy atom. The van der Waals surface area contributed by atoms with E-state index in [0.717, 1.165) is 16.7 Å². The molecule has 2 aliphatic rings. The Kier molecular flexibility index (Phi) is 13.6. The lowest BCUT2D eigenvalue weighted by atomic mass is 9.80. The molecule has 0 spiro atoms. The van der Waals surface area contributed by atoms with Gasteiger partial charge in [0.05, 0.1) is 40.4 Å². The van der Waals surface area contributed by atoms with Gasteiger partial charge in [-0.05, 0) is 65.2 Å². The number of nitrogens with zero attached hydrogens (tertiary/aromatic N) is 4. The number of ether oxygens (including phenoxy) is 5. The molecule has 342 valence electrons. The third-order valence-electron chi connectivity index (χ3n) is 11.6. The van der Waals surface area contributed by atoms with Gasteiger partial charge in [0.25, 0.3) is 11.6 Å². The molecule has 0 saturated carbocycles. The number of hydrogen-bond donors (Lipinski definition) is 5. The molecule has 0 bridgehead atoms. The first kappa shape index (κ1) is 45.6. The minimum atomic E-state index is -2.72. The summed E-state index contributed by atoms with van der Waals surface area (Å²) < 4.78 is 32.4. The molecule has 5 atom stereocenters. The van der Waals surface area contributed by atoms with Crippen LogP contribution in [0.2, 0.25) is 0 Å². The maximum atomic E-state index is 15.0. The summed E-state index contributed by atoms with van der Waals surface area (Å²) in [6, 6.07) is 42.2. The fourth-order valence-corrected chi connectivity index (χ4v) is 8.18. The van der Waals surface area contributed by atoms with E-state index in [2.05, 4.69) is 20.6 Å². The second-order valence-electron chi connectivity index (χ2n) is 16.0. The highest BCUT2D eigenvalue weighted by Crippen LogP contribution is 2.45. The maximum Gasteiger partial charge on any atom is 0.293 e. The molecule has 66 heavy (non-hydrogen) atoms. The number of carbonyl (C=O) groups is 2. The van der Waals surface area contributed by atoms with Crippen molar-refractivity contribution in [1.82, 2.24) is 14.9 Å². The number of methoxy groups -OCH3 is 2. The summed E-state index contributed by atoms with van der Waals surface area (Å²) in [4.78, 5) is 38.5. The number of hydrogen-bond acceptors (Lipinski definition) is 13. The van der Waals surface area contributed by atoms with Gasteiger partial charge in [0, 0.05) is 17.3 Å². The zero-order valence-corrected chi connectivity index (χ0v) is 36.9. The van der Waals surface area contributed by atoms with Crippen molar-refractivity contribution < 1.29 is 48.6 Å². The molecule has 3 heterocycles. The molecule has 6 aromatic rings. The zero-order valence-electron chi connectivity index (χ0n) is 36.9. The van der Waals surface area contributed by atoms with Crippen molar-refractivity contribution in [3.8, 4) is 11.5 Å². The van der Waals surface area contributed by atoms with Gasteiger partial charge in [-0.3, -0.25) is 24.4 Å². The van der Waals surface area contributed by atoms with E-state index in [1.54, 1.807) is 88.7 Å². The van der Waals surface area contributed by atoms with E-state index in [1.807, 2.05) is 78.9 Å². The molecule has 1 fully saturated rings. The van der Waals surface area contributed by atoms with Crippen LogP contribution in [0, 0.1) is 5.92 Å². The molecule has 1 aromatic heterocycles. The van der Waals surface area contributed by atoms with Gasteiger partial charge in [-0.1, -0.05) is 105 Å². The second kappa shape index (κ2) is 19.7. The summed E-state index contributed by atoms with van der Waals surface area (Å²) in [7, 11) is 3.18. The van der Waals surface area contributed by atoms with Gasteiger partial charge < -0.3 is 44.3 Å². The predicted molar refractivity (Wildman–Crippen MR) is 245 cm³/mol. The number of imidazole rings is 1. The number of carbonyl (C=O) groups excluding carboxylic acids is 2. The number of rotatable bonds is 16. The topological polar surface area (TPSA) is 198 Å². The van der Waals surface area contributed by atoms with Crippen LogP contribution in [0.1, 0.15) is 42.5 Å². The van der Waals surface area contributed by atoms with Gasteiger partial charge >= 0.3 is 0 Å². The van der Waals surface area contributed by atoms with Crippen LogP contribution in [0.3, 0.4) is 0 Å². The largest absolute Gasteiger partial charge is 0.497 e. The van der Waals surface area contributed by atoms with Gasteiger partial charge in [-0.15, -0.1) is 0 Å². The number of aliphatic hydroxyl groups is 3. The predicted octanol–water partition coefficient (Wildman–Crippen LogP) is 5.61. The molecule has 5 aromatic carbocycles. The molecule has 1 unspecified atom stereocenters. The van der Waals surface area contributed by atoms with Crippen LogP contribution in [0.5, 0.6) is 11.5 Å². The average Bonchev–Trinajstić information content (AvgIpc) is 3.92. The van der Waals surface area contributed by atoms with E-state index in [0.29, 0.717) is 22.9 Å². The van der Waals surface area contributed by atoms with Crippen molar-refractivity contribution in [2.24, 2.45) is 10.9 Å². The van der Waals surface area contributed by atoms with Crippen LogP contribution >= 0.6 is 0 Å². The quantitative estimate of drug-likeness (QED) is 0.0755. The fraction of sp³-hybridized carbons (Fsp3) is 0.280. The summed E-state index contributed by atoms with van der Waals surface area (Å²) in [6.07, 6.45) is -3.45. The lowest BCUT2D eigenvalue weighted by molar-refractivity contribution is -0.136. The van der Waals surface area contributed by atoms with Crippen molar-refractivity contribution in [2.75, 3.05) is 44.3 Å². The van der Waals surface area contributed by atoms with Crippen molar-refractivity contribution in [3.05, 3.63) is 168 Å². The average molecular weight is 897 g/mol. The highest BCUT2D eigenvalue weighted by Gasteiger charge is 2.53. The smallest absolute Gasteiger partial charge is 0.293 e. The van der Waals surface area contributed by atoms with Crippen LogP contribution < -0.4 is 25.0 Å². The van der Waals surface area contributed by atoms with Gasteiger partial charge in [-0.2, -0.15) is 0 Å². The monoisotopic (exact) mass is 896 g/mol. The third-order valence-corrected chi connectivity index (χ3v) is 11.6. The molecule has 16 heteroatoms. The molecule has 16 nitrogen and oxygen atoms in total. The molecular formula is C50H52N6O10. The number of benzene rings is 5. The van der Waals surface area contributed by atoms with E-state index < -0.39 is 53.6 Å². The Morgan fingerprint density at radius 3 is 1.88 bits per heavy atom. The number of para-hydroxylation sites is 2. The van der Waals surface area contributed by atoms with Crippen LogP contribution in [-0.2, 0) is 35.1 Å². The summed E-state index contributed by atoms with van der Waals surface area (Å²) >= 11 is 0. The highest BCUT2D eigenvalue weighted by molar-refractivity contribution is 6.11. The first-order valence-corrected chi connectivity index (χ1v) is 21.5. The minimum absolute atomic E-state index is 0.0208. The lowest BCUT2D eigenvalue weighted by Gasteiger charge is -2.37. The van der Waals surface area contributed by atoms with Crippen molar-refractivity contribution in [1.29, 1.82) is 0 Å². The Bertz CT molecular complexity index is 2530. The standard InChI is InChI=1S/C50H52N6O10/c1-32(2)45(59)53-48-52-44-43(50(61,54-48)47(60)56(36-16-10-6-11-17-36)37-18-12-7-13-19-37)51-31-55(44)46-42(64-29-28-57)41(58)40(66-46)30-65-49(33-14-8-5-9-15-33,34-20-24-38(62-3)25-21-34)35-22-26-39(63-4)27-23-35/h5-27,31-32,40-42,46,57-58,61H,28-30H2,1-4H3,(H2,52,53,54,59)/t40-,41-,42-,46-,50?/m1/s1. The molecular weight excluding hydrogens is 845 g/mol. The number of fused-ring (bicyclic) bond motifs is 1. The number of nitrogens with one attached hydrogen (secondary N) is 2. The number of aliphatic hydroxyl groups excluding tert-OH is 2. The van der Waals surface area contributed by atoms with E-state index >= 15 is 4.79 Å². The number of aliphatic imine (C=N–C) groups is 1. The van der Waals surface area contributed by atoms with Crippen LogP contribution in [0.15, 0.2) is 151 Å². The van der Waals surface area contributed by atoms with Crippen LogP contribution in [0.25, 0.3) is 0 Å². The van der Waals surface area contributed by atoms with Gasteiger partial charge in [0.15, 0.2) is 6.23 Å². The molecule has 2 amide bonds. The fourth-order valence-electron chi connectivity index (χ4n) is 8.18. The normalized spacial score (nSPS) is 20.2. The van der Waals surface area contributed by atoms with Crippen LogP contribution in [-0.4, -0.2) is 95.0 Å². The molecule has 2 aliphatic heterocycles. The molecule has 1 saturated heterocycles. The highest BCUT2D eigenvalue weighted by atomic mass is 16.6. The lowest BCUT2D eigenvalue weighted by Crippen LogP contribution is -2.51. The number of anilines is 3. The zero-order chi connectivity index (χ0) is 46.4. The van der Waals surface area contributed by atoms with Crippen LogP contribution in [0.4, 0.5) is 17.2 Å². The van der Waals surface area contributed by atoms with Crippen molar-refractivity contribution >= 4 is 35.0 Å². The second-order valence-corrected chi connectivity index (χ2v) is 16.0. The summed E-state index contributed by atoms with van der Waals surface area (Å²) in [5.41, 5.74) is -1.04. The van der Waals surface area contributed by atoms with Gasteiger partial charge in [-0.25, -0.2) is 9.98 Å². The first-order valence-electron chi connectivity index (χ1n) is 21.5. The molecule has 8 rings (SSSR count). The van der Waals surface area contributed by atoms with E-state index in [1.165, 1.54) is 15.8 Å². The van der Waals surface area contributed by atoms with Crippen molar-refractivity contribution in [3.63, 3.8) is 0 Å². The Balaban J connectivity index is 1.20. The summed E-state index contributed by atoms with van der Waals surface area (Å²) in [5, 5.41) is 40.5. The molecule has 0 aliphatic carbocycles. The van der Waals surface area contributed by atoms with Crippen molar-refractivity contribution in [2.45, 2.75) is 49.7 Å². The summed E-state index contributed by atoms with van der Waals surface area (Å²) in [6.45, 7) is 2.63. The number of aromatic nitrogens is 2. The van der Waals surface area contributed by atoms with E-state index in [4.69, 9.17) is 23.7 Å². The minimum Gasteiger partial charge on any atom is -0.497 e. The summed E-state index contributed by atoms with van der Waals surface area (Å²) in [5.74, 6) is -0.771. The Morgan fingerprint density at radius 1 is 0.833 bits per heavy atom. The molecule has 5 N–H and O–H groups in total. The number of guanidine groups is 1. The Labute approximate surface area is 382 Å². The maximum absolute atomic E-state index is 15.0. The van der Waals surface area contributed by atoms with Gasteiger partial charge in [0.2, 0.25) is 11.9 Å². The number of amides is 2. The van der Waals surface area contributed by atoms with Gasteiger partial charge in [0.1, 0.15) is 46.9 Å².